The van der Waals surface area contributed by atoms with Gasteiger partial charge in [-0.25, -0.2) is 0 Å². The summed E-state index contributed by atoms with van der Waals surface area (Å²) in [6, 6.07) is 10.6. The SMILES string of the molecule is C/C=C/c1cc(C(=O)Nc2ccccc2OC)cc(OC)c1OC. The molecule has 2 rings (SSSR count). The van der Waals surface area contributed by atoms with E-state index in [4.69, 9.17) is 14.2 Å². The lowest BCUT2D eigenvalue weighted by atomic mass is 10.1. The van der Waals surface area contributed by atoms with Crippen molar-refractivity contribution in [2.45, 2.75) is 6.92 Å². The molecule has 0 aliphatic carbocycles. The Hall–Kier alpha value is -2.95. The predicted octanol–water partition coefficient (Wildman–Crippen LogP) is 4.00. The number of nitrogens with one attached hydrogen (secondary N) is 1. The molecule has 0 saturated carbocycles. The smallest absolute Gasteiger partial charge is 0.255 e. The Bertz CT molecular complexity index is 753. The van der Waals surface area contributed by atoms with Crippen molar-refractivity contribution in [1.29, 1.82) is 0 Å². The van der Waals surface area contributed by atoms with Gasteiger partial charge in [0, 0.05) is 11.1 Å². The highest BCUT2D eigenvalue weighted by atomic mass is 16.5. The van der Waals surface area contributed by atoms with Gasteiger partial charge in [-0.05, 0) is 31.2 Å². The third-order valence-corrected chi connectivity index (χ3v) is 3.47. The third kappa shape index (κ3) is 3.68. The second-order valence-electron chi connectivity index (χ2n) is 4.96. The van der Waals surface area contributed by atoms with E-state index in [2.05, 4.69) is 5.32 Å². The monoisotopic (exact) mass is 327 g/mol. The van der Waals surface area contributed by atoms with E-state index in [9.17, 15) is 4.79 Å². The quantitative estimate of drug-likeness (QED) is 0.871. The fourth-order valence-corrected chi connectivity index (χ4v) is 2.37. The average Bonchev–Trinajstić information content (AvgIpc) is 2.61. The molecule has 2 aromatic carbocycles. The molecule has 0 radical (unpaired) electrons. The lowest BCUT2D eigenvalue weighted by Crippen LogP contribution is -2.13. The van der Waals surface area contributed by atoms with Gasteiger partial charge in [-0.1, -0.05) is 24.3 Å². The van der Waals surface area contributed by atoms with E-state index < -0.39 is 0 Å². The highest BCUT2D eigenvalue weighted by molar-refractivity contribution is 6.06. The van der Waals surface area contributed by atoms with Gasteiger partial charge in [0.1, 0.15) is 5.75 Å². The molecule has 0 aliphatic heterocycles. The molecule has 0 heterocycles. The largest absolute Gasteiger partial charge is 0.495 e. The number of hydrogen-bond acceptors (Lipinski definition) is 4. The predicted molar refractivity (Wildman–Crippen MR) is 95.2 cm³/mol. The molecule has 1 N–H and O–H groups in total. The molecule has 0 fully saturated rings. The Morgan fingerprint density at radius 3 is 2.33 bits per heavy atom. The summed E-state index contributed by atoms with van der Waals surface area (Å²) < 4.78 is 16.0. The van der Waals surface area contributed by atoms with E-state index in [0.717, 1.165) is 5.56 Å². The summed E-state index contributed by atoms with van der Waals surface area (Å²) in [5, 5.41) is 2.85. The molecule has 0 saturated heterocycles. The fourth-order valence-electron chi connectivity index (χ4n) is 2.37. The number of benzene rings is 2. The Balaban J connectivity index is 2.40. The van der Waals surface area contributed by atoms with Crippen LogP contribution in [0.3, 0.4) is 0 Å². The van der Waals surface area contributed by atoms with Crippen molar-refractivity contribution in [2.24, 2.45) is 0 Å². The molecule has 5 heteroatoms. The Kier molecular flexibility index (Phi) is 5.84. The van der Waals surface area contributed by atoms with Crippen molar-refractivity contribution in [3.05, 3.63) is 53.6 Å². The maximum absolute atomic E-state index is 12.6. The van der Waals surface area contributed by atoms with Gasteiger partial charge < -0.3 is 19.5 Å². The van der Waals surface area contributed by atoms with Gasteiger partial charge >= 0.3 is 0 Å². The van der Waals surface area contributed by atoms with Crippen LogP contribution in [-0.2, 0) is 0 Å². The van der Waals surface area contributed by atoms with Gasteiger partial charge in [0.25, 0.3) is 5.91 Å². The zero-order valence-corrected chi connectivity index (χ0v) is 14.3. The minimum Gasteiger partial charge on any atom is -0.495 e. The molecular weight excluding hydrogens is 306 g/mol. The molecule has 5 nitrogen and oxygen atoms in total. The summed E-state index contributed by atoms with van der Waals surface area (Å²) in [6.07, 6.45) is 3.74. The number of para-hydroxylation sites is 2. The molecular formula is C19H21NO4. The zero-order chi connectivity index (χ0) is 17.5. The van der Waals surface area contributed by atoms with Crippen LogP contribution in [0, 0.1) is 0 Å². The molecule has 24 heavy (non-hydrogen) atoms. The van der Waals surface area contributed by atoms with Gasteiger partial charge in [-0.3, -0.25) is 4.79 Å². The number of carbonyl (C=O) groups excluding carboxylic acids is 1. The number of carbonyl (C=O) groups is 1. The molecule has 0 bridgehead atoms. The van der Waals surface area contributed by atoms with Crippen LogP contribution < -0.4 is 19.5 Å². The van der Waals surface area contributed by atoms with Crippen LogP contribution in [0.5, 0.6) is 17.2 Å². The van der Waals surface area contributed by atoms with E-state index in [0.29, 0.717) is 28.5 Å². The summed E-state index contributed by atoms with van der Waals surface area (Å²) in [7, 11) is 4.67. The Morgan fingerprint density at radius 1 is 1.00 bits per heavy atom. The number of hydrogen-bond donors (Lipinski definition) is 1. The Labute approximate surface area is 141 Å². The van der Waals surface area contributed by atoms with Crippen molar-refractivity contribution in [3.63, 3.8) is 0 Å². The first kappa shape index (κ1) is 17.4. The van der Waals surface area contributed by atoms with Gasteiger partial charge in [0.15, 0.2) is 11.5 Å². The standard InChI is InChI=1S/C19H21NO4/c1-5-8-13-11-14(12-17(23-3)18(13)24-4)19(21)20-15-9-6-7-10-16(15)22-2/h5-12H,1-4H3,(H,20,21)/b8-5+. The number of amides is 1. The molecule has 2 aromatic rings. The highest BCUT2D eigenvalue weighted by Gasteiger charge is 2.16. The molecule has 0 spiro atoms. The average molecular weight is 327 g/mol. The first-order chi connectivity index (χ1) is 11.6. The normalized spacial score (nSPS) is 10.5. The minimum atomic E-state index is -0.258. The van der Waals surface area contributed by atoms with Gasteiger partial charge in [-0.15, -0.1) is 0 Å². The lowest BCUT2D eigenvalue weighted by molar-refractivity contribution is 0.102. The first-order valence-corrected chi connectivity index (χ1v) is 7.47. The van der Waals surface area contributed by atoms with E-state index in [-0.39, 0.29) is 5.91 Å². The van der Waals surface area contributed by atoms with Gasteiger partial charge in [0.05, 0.1) is 27.0 Å². The topological polar surface area (TPSA) is 56.8 Å². The molecule has 126 valence electrons. The number of anilines is 1. The maximum atomic E-state index is 12.6. The number of rotatable bonds is 6. The minimum absolute atomic E-state index is 0.258. The molecule has 0 unspecified atom stereocenters. The van der Waals surface area contributed by atoms with Crippen molar-refractivity contribution >= 4 is 17.7 Å². The molecule has 0 atom stereocenters. The maximum Gasteiger partial charge on any atom is 0.255 e. The first-order valence-electron chi connectivity index (χ1n) is 7.47. The van der Waals surface area contributed by atoms with E-state index in [1.54, 1.807) is 45.6 Å². The van der Waals surface area contributed by atoms with E-state index >= 15 is 0 Å². The number of allylic oxidation sites excluding steroid dienone is 1. The summed E-state index contributed by atoms with van der Waals surface area (Å²) in [5.41, 5.74) is 1.84. The van der Waals surface area contributed by atoms with Crippen LogP contribution in [0.4, 0.5) is 5.69 Å². The molecule has 1 amide bonds. The van der Waals surface area contributed by atoms with Crippen molar-refractivity contribution in [1.82, 2.24) is 0 Å². The van der Waals surface area contributed by atoms with Crippen LogP contribution in [0.2, 0.25) is 0 Å². The highest BCUT2D eigenvalue weighted by Crippen LogP contribution is 2.34. The number of methoxy groups -OCH3 is 3. The Morgan fingerprint density at radius 2 is 1.71 bits per heavy atom. The van der Waals surface area contributed by atoms with Crippen LogP contribution in [0.25, 0.3) is 6.08 Å². The molecule has 0 aromatic heterocycles. The third-order valence-electron chi connectivity index (χ3n) is 3.47. The van der Waals surface area contributed by atoms with E-state index in [1.165, 1.54) is 0 Å². The van der Waals surface area contributed by atoms with Gasteiger partial charge in [-0.2, -0.15) is 0 Å². The van der Waals surface area contributed by atoms with Crippen molar-refractivity contribution in [3.8, 4) is 17.2 Å². The van der Waals surface area contributed by atoms with Crippen LogP contribution >= 0.6 is 0 Å². The summed E-state index contributed by atoms with van der Waals surface area (Å²) >= 11 is 0. The van der Waals surface area contributed by atoms with Crippen LogP contribution in [0.1, 0.15) is 22.8 Å². The molecule has 0 aliphatic rings. The summed E-state index contributed by atoms with van der Waals surface area (Å²) in [5.74, 6) is 1.42. The lowest BCUT2D eigenvalue weighted by Gasteiger charge is -2.14. The van der Waals surface area contributed by atoms with Crippen LogP contribution in [0.15, 0.2) is 42.5 Å². The van der Waals surface area contributed by atoms with E-state index in [1.807, 2.05) is 31.2 Å². The van der Waals surface area contributed by atoms with Gasteiger partial charge in [0.2, 0.25) is 0 Å². The van der Waals surface area contributed by atoms with Crippen LogP contribution in [-0.4, -0.2) is 27.2 Å². The summed E-state index contributed by atoms with van der Waals surface area (Å²) in [6.45, 7) is 1.90. The summed E-state index contributed by atoms with van der Waals surface area (Å²) in [4.78, 5) is 12.6. The number of ether oxygens (including phenoxy) is 3. The second kappa shape index (κ2) is 8.06. The van der Waals surface area contributed by atoms with Crippen molar-refractivity contribution < 1.29 is 19.0 Å². The zero-order valence-electron chi connectivity index (χ0n) is 14.3. The van der Waals surface area contributed by atoms with Crippen molar-refractivity contribution in [2.75, 3.05) is 26.6 Å². The fraction of sp³-hybridized carbons (Fsp3) is 0.211. The second-order valence-corrected chi connectivity index (χ2v) is 4.96.